The molecule has 0 amide bonds. The maximum Gasteiger partial charge on any atom is 0.147 e. The van der Waals surface area contributed by atoms with E-state index >= 15 is 0 Å². The van der Waals surface area contributed by atoms with Gasteiger partial charge in [0, 0.05) is 22.7 Å². The van der Waals surface area contributed by atoms with Crippen molar-refractivity contribution < 1.29 is 4.74 Å². The summed E-state index contributed by atoms with van der Waals surface area (Å²) >= 11 is 12.4. The molecular weight excluding hydrogens is 305 g/mol. The van der Waals surface area contributed by atoms with Crippen molar-refractivity contribution in [1.82, 2.24) is 4.98 Å². The average Bonchev–Trinajstić information content (AvgIpc) is 2.61. The van der Waals surface area contributed by atoms with Crippen molar-refractivity contribution in [2.24, 2.45) is 5.41 Å². The standard InChI is InChI=1S/C17H15Cl2NO/c1-17(2)9-12(14-5-3-4-8-20-14)11-6-7-13(18)15(19)16(11)21-10-17/h3-9H,10H2,1-2H3. The minimum atomic E-state index is -0.123. The van der Waals surface area contributed by atoms with Crippen LogP contribution in [-0.4, -0.2) is 11.6 Å². The molecule has 108 valence electrons. The first-order valence-electron chi connectivity index (χ1n) is 6.73. The summed E-state index contributed by atoms with van der Waals surface area (Å²) in [5.41, 5.74) is 2.72. The lowest BCUT2D eigenvalue weighted by Gasteiger charge is -2.19. The summed E-state index contributed by atoms with van der Waals surface area (Å²) in [7, 11) is 0. The van der Waals surface area contributed by atoms with Crippen LogP contribution in [0, 0.1) is 5.41 Å². The van der Waals surface area contributed by atoms with Crippen LogP contribution in [0.4, 0.5) is 0 Å². The lowest BCUT2D eigenvalue weighted by atomic mass is 9.89. The largest absolute Gasteiger partial charge is 0.490 e. The molecule has 0 aliphatic carbocycles. The van der Waals surface area contributed by atoms with Gasteiger partial charge in [0.1, 0.15) is 10.8 Å². The molecule has 0 fully saturated rings. The lowest BCUT2D eigenvalue weighted by molar-refractivity contribution is 0.225. The Morgan fingerprint density at radius 2 is 1.95 bits per heavy atom. The highest BCUT2D eigenvalue weighted by atomic mass is 35.5. The first-order valence-corrected chi connectivity index (χ1v) is 7.49. The van der Waals surface area contributed by atoms with Crippen molar-refractivity contribution >= 4 is 28.8 Å². The van der Waals surface area contributed by atoms with Crippen LogP contribution in [0.25, 0.3) is 5.57 Å². The minimum Gasteiger partial charge on any atom is -0.490 e. The van der Waals surface area contributed by atoms with E-state index in [-0.39, 0.29) is 5.41 Å². The van der Waals surface area contributed by atoms with Gasteiger partial charge in [-0.25, -0.2) is 0 Å². The molecule has 2 nitrogen and oxygen atoms in total. The summed E-state index contributed by atoms with van der Waals surface area (Å²) in [5, 5.41) is 0.948. The van der Waals surface area contributed by atoms with E-state index < -0.39 is 0 Å². The number of nitrogens with zero attached hydrogens (tertiary/aromatic N) is 1. The number of hydrogen-bond donors (Lipinski definition) is 0. The van der Waals surface area contributed by atoms with Crippen LogP contribution in [0.15, 0.2) is 42.6 Å². The van der Waals surface area contributed by atoms with E-state index in [9.17, 15) is 0 Å². The smallest absolute Gasteiger partial charge is 0.147 e. The Bertz CT molecular complexity index is 708. The fourth-order valence-corrected chi connectivity index (χ4v) is 2.76. The molecule has 0 spiro atoms. The van der Waals surface area contributed by atoms with Crippen molar-refractivity contribution in [3.8, 4) is 5.75 Å². The molecule has 3 rings (SSSR count). The Balaban J connectivity index is 2.25. The van der Waals surface area contributed by atoms with Crippen molar-refractivity contribution in [2.45, 2.75) is 13.8 Å². The number of hydrogen-bond acceptors (Lipinski definition) is 2. The highest BCUT2D eigenvalue weighted by Crippen LogP contribution is 2.43. The molecule has 0 N–H and O–H groups in total. The maximum absolute atomic E-state index is 6.32. The van der Waals surface area contributed by atoms with Gasteiger partial charge in [-0.3, -0.25) is 4.98 Å². The van der Waals surface area contributed by atoms with E-state index in [1.54, 1.807) is 12.3 Å². The third-order valence-electron chi connectivity index (χ3n) is 3.40. The SMILES string of the molecule is CC1(C)C=C(c2ccccn2)c2ccc(Cl)c(Cl)c2OC1. The number of aromatic nitrogens is 1. The molecule has 4 heteroatoms. The van der Waals surface area contributed by atoms with Gasteiger partial charge < -0.3 is 4.74 Å². The Hall–Kier alpha value is -1.51. The predicted molar refractivity (Wildman–Crippen MR) is 87.1 cm³/mol. The molecule has 0 bridgehead atoms. The van der Waals surface area contributed by atoms with E-state index in [1.165, 1.54) is 0 Å². The molecule has 1 aliphatic rings. The highest BCUT2D eigenvalue weighted by molar-refractivity contribution is 6.43. The van der Waals surface area contributed by atoms with E-state index in [1.807, 2.05) is 24.3 Å². The van der Waals surface area contributed by atoms with Crippen molar-refractivity contribution in [1.29, 1.82) is 0 Å². The monoisotopic (exact) mass is 319 g/mol. The van der Waals surface area contributed by atoms with Crippen molar-refractivity contribution in [3.63, 3.8) is 0 Å². The Morgan fingerprint density at radius 3 is 2.67 bits per heavy atom. The minimum absolute atomic E-state index is 0.123. The van der Waals surface area contributed by atoms with Gasteiger partial charge in [-0.15, -0.1) is 0 Å². The number of fused-ring (bicyclic) bond motifs is 1. The van der Waals surface area contributed by atoms with Crippen LogP contribution in [-0.2, 0) is 0 Å². The average molecular weight is 320 g/mol. The summed E-state index contributed by atoms with van der Waals surface area (Å²) in [6.45, 7) is 4.78. The van der Waals surface area contributed by atoms with Crippen molar-refractivity contribution in [3.05, 3.63) is 63.9 Å². The van der Waals surface area contributed by atoms with Crippen LogP contribution in [0.3, 0.4) is 0 Å². The van der Waals surface area contributed by atoms with E-state index in [2.05, 4.69) is 24.9 Å². The summed E-state index contributed by atoms with van der Waals surface area (Å²) in [5.74, 6) is 0.631. The molecule has 0 atom stereocenters. The van der Waals surface area contributed by atoms with Crippen LogP contribution in [0.2, 0.25) is 10.0 Å². The first-order chi connectivity index (χ1) is 9.98. The molecule has 0 unspecified atom stereocenters. The third kappa shape index (κ3) is 2.78. The second-order valence-corrected chi connectivity index (χ2v) is 6.57. The van der Waals surface area contributed by atoms with Gasteiger partial charge in [0.2, 0.25) is 0 Å². The molecule has 1 aromatic heterocycles. The summed E-state index contributed by atoms with van der Waals surface area (Å²) < 4.78 is 5.93. The van der Waals surface area contributed by atoms with Gasteiger partial charge in [0.05, 0.1) is 17.3 Å². The van der Waals surface area contributed by atoms with Crippen molar-refractivity contribution in [2.75, 3.05) is 6.61 Å². The molecule has 0 radical (unpaired) electrons. The summed E-state index contributed by atoms with van der Waals surface area (Å²) in [4.78, 5) is 4.46. The van der Waals surface area contributed by atoms with Gasteiger partial charge in [0.15, 0.2) is 0 Å². The van der Waals surface area contributed by atoms with Gasteiger partial charge in [-0.1, -0.05) is 49.2 Å². The number of halogens is 2. The van der Waals surface area contributed by atoms with E-state index in [0.717, 1.165) is 16.8 Å². The maximum atomic E-state index is 6.32. The Kier molecular flexibility index (Phi) is 3.68. The number of benzene rings is 1. The molecule has 1 aliphatic heterocycles. The van der Waals surface area contributed by atoms with Crippen LogP contribution >= 0.6 is 23.2 Å². The lowest BCUT2D eigenvalue weighted by Crippen LogP contribution is -2.17. The van der Waals surface area contributed by atoms with Gasteiger partial charge >= 0.3 is 0 Å². The van der Waals surface area contributed by atoms with Gasteiger partial charge in [-0.2, -0.15) is 0 Å². The molecular formula is C17H15Cl2NO. The molecule has 2 aromatic rings. The second kappa shape index (κ2) is 5.36. The third-order valence-corrected chi connectivity index (χ3v) is 4.19. The zero-order valence-corrected chi connectivity index (χ0v) is 13.4. The number of rotatable bonds is 1. The fraction of sp³-hybridized carbons (Fsp3) is 0.235. The summed E-state index contributed by atoms with van der Waals surface area (Å²) in [6.07, 6.45) is 3.97. The Labute approximate surface area is 134 Å². The van der Waals surface area contributed by atoms with Crippen LogP contribution in [0.1, 0.15) is 25.1 Å². The van der Waals surface area contributed by atoms with Crippen LogP contribution < -0.4 is 4.74 Å². The predicted octanol–water partition coefficient (Wildman–Crippen LogP) is 5.24. The highest BCUT2D eigenvalue weighted by Gasteiger charge is 2.27. The molecule has 1 aromatic carbocycles. The normalized spacial score (nSPS) is 16.5. The quantitative estimate of drug-likeness (QED) is 0.717. The topological polar surface area (TPSA) is 22.1 Å². The fourth-order valence-electron chi connectivity index (χ4n) is 2.39. The molecule has 2 heterocycles. The van der Waals surface area contributed by atoms with Gasteiger partial charge in [-0.05, 0) is 24.3 Å². The van der Waals surface area contributed by atoms with E-state index in [4.69, 9.17) is 27.9 Å². The van der Waals surface area contributed by atoms with Crippen LogP contribution in [0.5, 0.6) is 5.75 Å². The second-order valence-electron chi connectivity index (χ2n) is 5.79. The van der Waals surface area contributed by atoms with E-state index in [0.29, 0.717) is 22.4 Å². The molecule has 0 saturated heterocycles. The molecule has 21 heavy (non-hydrogen) atoms. The zero-order valence-electron chi connectivity index (χ0n) is 11.9. The Morgan fingerprint density at radius 1 is 1.14 bits per heavy atom. The number of pyridine rings is 1. The number of ether oxygens (including phenoxy) is 1. The molecule has 0 saturated carbocycles. The first kappa shape index (κ1) is 14.4. The van der Waals surface area contributed by atoms with Gasteiger partial charge in [0.25, 0.3) is 0 Å². The zero-order chi connectivity index (χ0) is 15.0. The summed E-state index contributed by atoms with van der Waals surface area (Å²) in [6, 6.07) is 9.59.